The first-order chi connectivity index (χ1) is 46.0. The van der Waals surface area contributed by atoms with Crippen LogP contribution in [0.3, 0.4) is 0 Å². The largest absolute Gasteiger partial charge is 0.309 e. The number of aromatic nitrogens is 9. The molecular formula is C83H51ClN9+. The van der Waals surface area contributed by atoms with Crippen LogP contribution < -0.4 is 0 Å². The molecule has 0 amide bonds. The molecule has 434 valence electrons. The highest BCUT2D eigenvalue weighted by molar-refractivity contribution is 6.33. The zero-order valence-electron chi connectivity index (χ0n) is 49.9. The lowest BCUT2D eigenvalue weighted by atomic mass is 9.99. The quantitative estimate of drug-likeness (QED) is 0.126. The molecule has 20 rings (SSSR count). The van der Waals surface area contributed by atoms with Crippen LogP contribution in [0.4, 0.5) is 0 Å². The van der Waals surface area contributed by atoms with Crippen molar-refractivity contribution in [1.82, 2.24) is 43.6 Å². The van der Waals surface area contributed by atoms with Crippen molar-refractivity contribution in [2.24, 2.45) is 0 Å². The van der Waals surface area contributed by atoms with E-state index in [4.69, 9.17) is 31.5 Å². The SMILES string of the molecule is Clc1nc(-c2ccc3c4ccccc4n(-c4ccccc4)c3c2)nc2cccnc12.[C+]1=CC2=C(C=C1)c1cc3ccccc3cc1C2.c1ccc(-n2c3ccccc3c3ccc(-c4nc(-n5c6ccccc6c6cc7ccccc7cc65)c5ncccc5n4)cc32)cc1. The van der Waals surface area contributed by atoms with Crippen LogP contribution >= 0.6 is 11.6 Å². The molecule has 0 saturated heterocycles. The number of benzene rings is 11. The zero-order valence-corrected chi connectivity index (χ0v) is 50.7. The van der Waals surface area contributed by atoms with Crippen molar-refractivity contribution in [2.75, 3.05) is 0 Å². The summed E-state index contributed by atoms with van der Waals surface area (Å²) in [4.78, 5) is 28.8. The molecule has 2 aliphatic carbocycles. The number of para-hydroxylation sites is 5. The summed E-state index contributed by atoms with van der Waals surface area (Å²) in [6.07, 6.45) is 14.0. The Hall–Kier alpha value is -12.3. The van der Waals surface area contributed by atoms with Crippen LogP contribution in [0.2, 0.25) is 5.15 Å². The number of allylic oxidation sites excluding steroid dienone is 6. The van der Waals surface area contributed by atoms with Crippen molar-refractivity contribution in [3.63, 3.8) is 0 Å². The summed E-state index contributed by atoms with van der Waals surface area (Å²) in [6.45, 7) is 0. The van der Waals surface area contributed by atoms with Gasteiger partial charge in [-0.3, -0.25) is 14.5 Å². The molecule has 11 aromatic carbocycles. The van der Waals surface area contributed by atoms with Gasteiger partial charge >= 0.3 is 0 Å². The maximum Gasteiger partial charge on any atom is 0.168 e. The Morgan fingerprint density at radius 1 is 0.366 bits per heavy atom. The Morgan fingerprint density at radius 3 is 1.45 bits per heavy atom. The Kier molecular flexibility index (Phi) is 12.7. The van der Waals surface area contributed by atoms with E-state index >= 15 is 0 Å². The lowest BCUT2D eigenvalue weighted by molar-refractivity contribution is 1.06. The Bertz CT molecular complexity index is 6180. The molecule has 7 heterocycles. The van der Waals surface area contributed by atoms with Gasteiger partial charge in [0.15, 0.2) is 22.6 Å². The third-order valence-corrected chi connectivity index (χ3v) is 18.3. The minimum Gasteiger partial charge on any atom is -0.309 e. The van der Waals surface area contributed by atoms with Crippen LogP contribution in [-0.2, 0) is 6.42 Å². The predicted molar refractivity (Wildman–Crippen MR) is 383 cm³/mol. The second-order valence-corrected chi connectivity index (χ2v) is 23.8. The van der Waals surface area contributed by atoms with E-state index in [1.807, 2.05) is 42.6 Å². The van der Waals surface area contributed by atoms with Crippen molar-refractivity contribution >= 4 is 126 Å². The second-order valence-electron chi connectivity index (χ2n) is 23.5. The number of rotatable bonds is 5. The first-order valence-electron chi connectivity index (χ1n) is 31.1. The molecule has 0 unspecified atom stereocenters. The van der Waals surface area contributed by atoms with Crippen molar-refractivity contribution < 1.29 is 0 Å². The number of nitrogens with zero attached hydrogens (tertiary/aromatic N) is 9. The van der Waals surface area contributed by atoms with Gasteiger partial charge in [-0.05, 0) is 130 Å². The van der Waals surface area contributed by atoms with Gasteiger partial charge in [0.05, 0.1) is 61.4 Å². The van der Waals surface area contributed by atoms with Crippen molar-refractivity contribution in [1.29, 1.82) is 0 Å². The summed E-state index contributed by atoms with van der Waals surface area (Å²) in [5.74, 6) is 2.02. The third kappa shape index (κ3) is 9.13. The average molecular weight is 1210 g/mol. The fourth-order valence-corrected chi connectivity index (χ4v) is 14.1. The number of pyridine rings is 2. The summed E-state index contributed by atoms with van der Waals surface area (Å²) in [5.41, 5.74) is 19.4. The first kappa shape index (κ1) is 53.7. The first-order valence-corrected chi connectivity index (χ1v) is 31.4. The number of hydrogen-bond donors (Lipinski definition) is 0. The maximum atomic E-state index is 6.40. The van der Waals surface area contributed by atoms with Gasteiger partial charge in [0, 0.05) is 85.3 Å². The Balaban J connectivity index is 0.000000115. The molecule has 7 aromatic heterocycles. The van der Waals surface area contributed by atoms with Crippen LogP contribution in [0, 0.1) is 6.08 Å². The van der Waals surface area contributed by atoms with Crippen LogP contribution in [0.15, 0.2) is 303 Å². The molecule has 93 heavy (non-hydrogen) atoms. The minimum absolute atomic E-state index is 0.360. The molecule has 10 heteroatoms. The molecule has 0 radical (unpaired) electrons. The van der Waals surface area contributed by atoms with Gasteiger partial charge in [-0.15, -0.1) is 0 Å². The smallest absolute Gasteiger partial charge is 0.168 e. The van der Waals surface area contributed by atoms with E-state index in [9.17, 15) is 0 Å². The summed E-state index contributed by atoms with van der Waals surface area (Å²) >= 11 is 6.40. The van der Waals surface area contributed by atoms with Crippen LogP contribution in [0.1, 0.15) is 11.1 Å². The van der Waals surface area contributed by atoms with E-state index in [-0.39, 0.29) is 0 Å². The standard InChI is InChI=1S/C41H25N5.C25H15ClN4.C17H11/c1-2-13-29(14-3-1)45-35-18-8-6-15-30(35)32-21-20-28(25-37(32)45)40-43-34-17-10-22-42-39(34)41(44-40)46-36-19-9-7-16-31(36)33-23-26-11-4-5-12-27(26)24-38(33)46;26-24-23-20(10-6-14-27-23)28-25(29-24)16-12-13-19-18-9-4-5-11-21(18)30(22(19)15-16)17-7-2-1-3-8-17;1-2-6-13-11-17-15(9-12(13)5-1)10-14-7-3-4-8-16(14)17/h1-25H;1-15H;1-2,4-9,11H,10H2/q;;+1. The molecule has 18 aromatic rings. The highest BCUT2D eigenvalue weighted by atomic mass is 35.5. The van der Waals surface area contributed by atoms with Gasteiger partial charge < -0.3 is 9.13 Å². The zero-order chi connectivity index (χ0) is 61.5. The molecule has 0 bridgehead atoms. The highest BCUT2D eigenvalue weighted by Gasteiger charge is 2.27. The predicted octanol–water partition coefficient (Wildman–Crippen LogP) is 20.6. The van der Waals surface area contributed by atoms with Crippen LogP contribution in [0.25, 0.3) is 155 Å². The van der Waals surface area contributed by atoms with Gasteiger partial charge in [-0.1, -0.05) is 175 Å². The van der Waals surface area contributed by atoms with Gasteiger partial charge in [-0.2, -0.15) is 0 Å². The highest BCUT2D eigenvalue weighted by Crippen LogP contribution is 2.41. The Morgan fingerprint density at radius 2 is 0.839 bits per heavy atom. The average Bonchev–Trinajstić information content (AvgIpc) is 1.64. The van der Waals surface area contributed by atoms with Gasteiger partial charge in [0.1, 0.15) is 23.2 Å². The lowest BCUT2D eigenvalue weighted by Crippen LogP contribution is -2.04. The van der Waals surface area contributed by atoms with E-state index < -0.39 is 0 Å². The number of hydrogen-bond acceptors (Lipinski definition) is 6. The molecule has 0 spiro atoms. The van der Waals surface area contributed by atoms with E-state index in [0.717, 1.165) is 78.9 Å². The van der Waals surface area contributed by atoms with Crippen molar-refractivity contribution in [3.8, 4) is 40.0 Å². The van der Waals surface area contributed by atoms with Crippen LogP contribution in [-0.4, -0.2) is 43.6 Å². The molecule has 9 nitrogen and oxygen atoms in total. The summed E-state index contributed by atoms with van der Waals surface area (Å²) in [5, 5.41) is 12.6. The minimum atomic E-state index is 0.360. The third-order valence-electron chi connectivity index (χ3n) is 18.1. The van der Waals surface area contributed by atoms with Gasteiger partial charge in [-0.25, -0.2) is 19.9 Å². The Labute approximate surface area is 538 Å². The summed E-state index contributed by atoms with van der Waals surface area (Å²) in [6, 6.07) is 93.4. The topological polar surface area (TPSA) is 92.1 Å². The lowest BCUT2D eigenvalue weighted by Gasteiger charge is -2.13. The molecule has 0 aliphatic heterocycles. The van der Waals surface area contributed by atoms with Gasteiger partial charge in [0.2, 0.25) is 0 Å². The fraction of sp³-hybridized carbons (Fsp3) is 0.0120. The monoisotopic (exact) mass is 1210 g/mol. The number of halogens is 1. The molecular weight excluding hydrogens is 1160 g/mol. The molecule has 0 fully saturated rings. The van der Waals surface area contributed by atoms with E-state index in [1.165, 1.54) is 81.7 Å². The molecule has 0 N–H and O–H groups in total. The molecule has 0 saturated carbocycles. The van der Waals surface area contributed by atoms with Crippen molar-refractivity contribution in [3.05, 3.63) is 325 Å². The van der Waals surface area contributed by atoms with Crippen LogP contribution in [0.5, 0.6) is 0 Å². The maximum absolute atomic E-state index is 6.40. The normalized spacial score (nSPS) is 12.5. The van der Waals surface area contributed by atoms with Gasteiger partial charge in [0.25, 0.3) is 0 Å². The van der Waals surface area contributed by atoms with E-state index in [2.05, 4.69) is 278 Å². The summed E-state index contributed by atoms with van der Waals surface area (Å²) < 4.78 is 6.87. The number of fused-ring (bicyclic) bond motifs is 15. The van der Waals surface area contributed by atoms with E-state index in [0.29, 0.717) is 22.3 Å². The molecule has 0 atom stereocenters. The van der Waals surface area contributed by atoms with E-state index in [1.54, 1.807) is 6.20 Å². The van der Waals surface area contributed by atoms with Crippen molar-refractivity contribution in [2.45, 2.75) is 6.42 Å². The second kappa shape index (κ2) is 22.0. The molecule has 2 aliphatic rings. The summed E-state index contributed by atoms with van der Waals surface area (Å²) in [7, 11) is 0. The fourth-order valence-electron chi connectivity index (χ4n) is 13.9.